The molecule has 2 aromatic carbocycles. The van der Waals surface area contributed by atoms with Gasteiger partial charge in [-0.05, 0) is 18.4 Å². The molecule has 1 fully saturated rings. The van der Waals surface area contributed by atoms with Crippen molar-refractivity contribution >= 4 is 5.91 Å². The molecule has 0 saturated carbocycles. The van der Waals surface area contributed by atoms with Gasteiger partial charge < -0.3 is 15.2 Å². The van der Waals surface area contributed by atoms with Crippen LogP contribution in [0.3, 0.4) is 0 Å². The van der Waals surface area contributed by atoms with Crippen molar-refractivity contribution in [1.82, 2.24) is 10.2 Å². The molecule has 1 saturated heterocycles. The lowest BCUT2D eigenvalue weighted by molar-refractivity contribution is -0.119. The zero-order valence-electron chi connectivity index (χ0n) is 15.8. The van der Waals surface area contributed by atoms with E-state index in [0.717, 1.165) is 24.9 Å². The number of hydrogen-bond donors (Lipinski definition) is 2. The molecular formula is C22H28N2O3. The van der Waals surface area contributed by atoms with Crippen molar-refractivity contribution in [2.75, 3.05) is 13.2 Å². The number of aliphatic hydroxyl groups excluding tert-OH is 1. The van der Waals surface area contributed by atoms with Crippen LogP contribution in [0.1, 0.15) is 37.2 Å². The van der Waals surface area contributed by atoms with E-state index in [0.29, 0.717) is 13.2 Å². The van der Waals surface area contributed by atoms with E-state index in [1.807, 2.05) is 48.5 Å². The standard InChI is InChI=1S/C22H28N2O3/c1-17(25)23-14-20-12-13-21(24(20)15-18-8-4-2-5-9-18)16-27-22(26)19-10-6-3-7-11-19/h2-11,20-22,26H,12-16H2,1H3,(H,23,25). The summed E-state index contributed by atoms with van der Waals surface area (Å²) in [6.45, 7) is 3.45. The minimum atomic E-state index is -0.917. The van der Waals surface area contributed by atoms with Gasteiger partial charge in [0, 0.05) is 37.7 Å². The van der Waals surface area contributed by atoms with Crippen molar-refractivity contribution in [3.8, 4) is 0 Å². The molecule has 0 radical (unpaired) electrons. The summed E-state index contributed by atoms with van der Waals surface area (Å²) in [6, 6.07) is 20.2. The Labute approximate surface area is 161 Å². The number of carbonyl (C=O) groups excluding carboxylic acids is 1. The number of amides is 1. The van der Waals surface area contributed by atoms with E-state index in [2.05, 4.69) is 22.3 Å². The summed E-state index contributed by atoms with van der Waals surface area (Å²) < 4.78 is 5.78. The minimum absolute atomic E-state index is 0.00568. The number of rotatable bonds is 8. The molecule has 27 heavy (non-hydrogen) atoms. The van der Waals surface area contributed by atoms with Gasteiger partial charge in [0.2, 0.25) is 5.91 Å². The zero-order chi connectivity index (χ0) is 19.1. The first kappa shape index (κ1) is 19.5. The number of hydrogen-bond acceptors (Lipinski definition) is 4. The lowest BCUT2D eigenvalue weighted by Gasteiger charge is -2.31. The van der Waals surface area contributed by atoms with Gasteiger partial charge in [0.25, 0.3) is 0 Å². The number of likely N-dealkylation sites (tertiary alicyclic amines) is 1. The second-order valence-electron chi connectivity index (χ2n) is 7.08. The van der Waals surface area contributed by atoms with Crippen LogP contribution in [0.15, 0.2) is 60.7 Å². The van der Waals surface area contributed by atoms with Crippen molar-refractivity contribution in [3.05, 3.63) is 71.8 Å². The van der Waals surface area contributed by atoms with Crippen molar-refractivity contribution in [3.63, 3.8) is 0 Å². The highest BCUT2D eigenvalue weighted by Crippen LogP contribution is 2.27. The van der Waals surface area contributed by atoms with E-state index < -0.39 is 6.29 Å². The summed E-state index contributed by atoms with van der Waals surface area (Å²) in [5, 5.41) is 13.2. The van der Waals surface area contributed by atoms with E-state index in [4.69, 9.17) is 4.74 Å². The Kier molecular flexibility index (Phi) is 6.98. The Balaban J connectivity index is 1.63. The maximum absolute atomic E-state index is 11.3. The molecule has 1 aliphatic heterocycles. The van der Waals surface area contributed by atoms with Crippen LogP contribution in [0.2, 0.25) is 0 Å². The van der Waals surface area contributed by atoms with Crippen molar-refractivity contribution in [1.29, 1.82) is 0 Å². The highest BCUT2D eigenvalue weighted by molar-refractivity contribution is 5.72. The summed E-state index contributed by atoms with van der Waals surface area (Å²) in [6.07, 6.45) is 1.07. The molecule has 1 aliphatic rings. The van der Waals surface area contributed by atoms with Gasteiger partial charge in [-0.2, -0.15) is 0 Å². The second kappa shape index (κ2) is 9.65. The first-order valence-corrected chi connectivity index (χ1v) is 9.52. The van der Waals surface area contributed by atoms with E-state index in [-0.39, 0.29) is 18.0 Å². The van der Waals surface area contributed by atoms with Gasteiger partial charge in [0.05, 0.1) is 6.61 Å². The van der Waals surface area contributed by atoms with Gasteiger partial charge >= 0.3 is 0 Å². The Morgan fingerprint density at radius 2 is 1.74 bits per heavy atom. The Morgan fingerprint density at radius 3 is 2.41 bits per heavy atom. The fraction of sp³-hybridized carbons (Fsp3) is 0.409. The normalized spacial score (nSPS) is 21.1. The SMILES string of the molecule is CC(=O)NCC1CCC(COC(O)c2ccccc2)N1Cc1ccccc1. The first-order chi connectivity index (χ1) is 13.1. The zero-order valence-corrected chi connectivity index (χ0v) is 15.8. The Morgan fingerprint density at radius 1 is 1.11 bits per heavy atom. The van der Waals surface area contributed by atoms with E-state index in [1.165, 1.54) is 5.56 Å². The molecule has 1 heterocycles. The number of nitrogens with one attached hydrogen (secondary N) is 1. The largest absolute Gasteiger partial charge is 0.364 e. The lowest BCUT2D eigenvalue weighted by atomic mass is 10.2. The fourth-order valence-corrected chi connectivity index (χ4v) is 3.64. The number of nitrogens with zero attached hydrogens (tertiary/aromatic N) is 1. The number of aliphatic hydroxyl groups is 1. The summed E-state index contributed by atoms with van der Waals surface area (Å²) in [5.41, 5.74) is 2.00. The van der Waals surface area contributed by atoms with Gasteiger partial charge in [0.1, 0.15) is 0 Å². The minimum Gasteiger partial charge on any atom is -0.364 e. The molecule has 3 atom stereocenters. The number of benzene rings is 2. The van der Waals surface area contributed by atoms with Crippen LogP contribution in [-0.2, 0) is 16.1 Å². The third kappa shape index (κ3) is 5.63. The first-order valence-electron chi connectivity index (χ1n) is 9.52. The molecule has 3 rings (SSSR count). The van der Waals surface area contributed by atoms with Crippen molar-refractivity contribution < 1.29 is 14.6 Å². The molecule has 144 valence electrons. The van der Waals surface area contributed by atoms with Gasteiger partial charge in [-0.25, -0.2) is 0 Å². The highest BCUT2D eigenvalue weighted by atomic mass is 16.6. The van der Waals surface area contributed by atoms with Gasteiger partial charge in [-0.15, -0.1) is 0 Å². The Bertz CT molecular complexity index is 708. The molecular weight excluding hydrogens is 340 g/mol. The Hall–Kier alpha value is -2.21. The molecule has 5 heteroatoms. The van der Waals surface area contributed by atoms with Crippen LogP contribution in [0.25, 0.3) is 0 Å². The van der Waals surface area contributed by atoms with Crippen LogP contribution < -0.4 is 5.32 Å². The molecule has 0 bridgehead atoms. The van der Waals surface area contributed by atoms with E-state index >= 15 is 0 Å². The molecule has 0 spiro atoms. The second-order valence-corrected chi connectivity index (χ2v) is 7.08. The predicted molar refractivity (Wildman–Crippen MR) is 105 cm³/mol. The monoisotopic (exact) mass is 368 g/mol. The van der Waals surface area contributed by atoms with Crippen LogP contribution in [-0.4, -0.2) is 41.1 Å². The maximum atomic E-state index is 11.3. The van der Waals surface area contributed by atoms with Crippen molar-refractivity contribution in [2.45, 2.75) is 44.7 Å². The highest BCUT2D eigenvalue weighted by Gasteiger charge is 2.33. The topological polar surface area (TPSA) is 61.8 Å². The molecule has 3 unspecified atom stereocenters. The van der Waals surface area contributed by atoms with Crippen LogP contribution in [0.5, 0.6) is 0 Å². The van der Waals surface area contributed by atoms with Crippen molar-refractivity contribution in [2.24, 2.45) is 0 Å². The quantitative estimate of drug-likeness (QED) is 0.704. The maximum Gasteiger partial charge on any atom is 0.216 e. The summed E-state index contributed by atoms with van der Waals surface area (Å²) >= 11 is 0. The van der Waals surface area contributed by atoms with Gasteiger partial charge in [-0.3, -0.25) is 9.69 Å². The predicted octanol–water partition coefficient (Wildman–Crippen LogP) is 2.86. The summed E-state index contributed by atoms with van der Waals surface area (Å²) in [7, 11) is 0. The summed E-state index contributed by atoms with van der Waals surface area (Å²) in [4.78, 5) is 13.7. The van der Waals surface area contributed by atoms with Gasteiger partial charge in [-0.1, -0.05) is 60.7 Å². The third-order valence-corrected chi connectivity index (χ3v) is 5.10. The summed E-state index contributed by atoms with van der Waals surface area (Å²) in [5.74, 6) is -0.00568. The molecule has 1 amide bonds. The fourth-order valence-electron chi connectivity index (χ4n) is 3.64. The van der Waals surface area contributed by atoms with E-state index in [9.17, 15) is 9.90 Å². The molecule has 0 aliphatic carbocycles. The molecule has 2 N–H and O–H groups in total. The number of carbonyl (C=O) groups is 1. The lowest BCUT2D eigenvalue weighted by Crippen LogP contribution is -2.44. The molecule has 0 aromatic heterocycles. The smallest absolute Gasteiger partial charge is 0.216 e. The average molecular weight is 368 g/mol. The van der Waals surface area contributed by atoms with E-state index in [1.54, 1.807) is 6.92 Å². The van der Waals surface area contributed by atoms with Crippen LogP contribution in [0.4, 0.5) is 0 Å². The van der Waals surface area contributed by atoms with Crippen LogP contribution >= 0.6 is 0 Å². The number of ether oxygens (including phenoxy) is 1. The van der Waals surface area contributed by atoms with Crippen LogP contribution in [0, 0.1) is 0 Å². The average Bonchev–Trinajstić information content (AvgIpc) is 3.07. The molecule has 2 aromatic rings. The third-order valence-electron chi connectivity index (χ3n) is 5.10. The molecule has 5 nitrogen and oxygen atoms in total. The van der Waals surface area contributed by atoms with Gasteiger partial charge in [0.15, 0.2) is 6.29 Å².